The van der Waals surface area contributed by atoms with Gasteiger partial charge in [-0.3, -0.25) is 0 Å². The molecular weight excluding hydrogens is 302 g/mol. The first-order chi connectivity index (χ1) is 10.5. The normalized spacial score (nSPS) is 11.3. The SMILES string of the molecule is CCOC(=O)/C=C/c1cn(-c2ccc(Cl)cn2)nc1C(C)C. The number of nitrogens with zero attached hydrogens (tertiary/aromatic N) is 3. The molecule has 0 amide bonds. The van der Waals surface area contributed by atoms with Crippen LogP contribution in [0.15, 0.2) is 30.6 Å². The molecule has 0 atom stereocenters. The van der Waals surface area contributed by atoms with E-state index >= 15 is 0 Å². The smallest absolute Gasteiger partial charge is 0.330 e. The van der Waals surface area contributed by atoms with Gasteiger partial charge in [-0.1, -0.05) is 25.4 Å². The summed E-state index contributed by atoms with van der Waals surface area (Å²) in [6, 6.07) is 3.55. The molecule has 0 aliphatic carbocycles. The monoisotopic (exact) mass is 319 g/mol. The van der Waals surface area contributed by atoms with Crippen molar-refractivity contribution in [1.82, 2.24) is 14.8 Å². The predicted octanol–water partition coefficient (Wildman–Crippen LogP) is 3.62. The van der Waals surface area contributed by atoms with Crippen LogP contribution in [-0.2, 0) is 9.53 Å². The highest BCUT2D eigenvalue weighted by molar-refractivity contribution is 6.30. The molecule has 5 nitrogen and oxygen atoms in total. The molecule has 22 heavy (non-hydrogen) atoms. The van der Waals surface area contributed by atoms with E-state index < -0.39 is 0 Å². The highest BCUT2D eigenvalue weighted by Gasteiger charge is 2.12. The van der Waals surface area contributed by atoms with Crippen LogP contribution in [-0.4, -0.2) is 27.3 Å². The van der Waals surface area contributed by atoms with Gasteiger partial charge in [0.2, 0.25) is 0 Å². The maximum absolute atomic E-state index is 11.4. The number of carbonyl (C=O) groups excluding carboxylic acids is 1. The van der Waals surface area contributed by atoms with Gasteiger partial charge in [0.1, 0.15) is 0 Å². The van der Waals surface area contributed by atoms with Gasteiger partial charge in [0.05, 0.1) is 17.3 Å². The number of carbonyl (C=O) groups is 1. The predicted molar refractivity (Wildman–Crippen MR) is 86.1 cm³/mol. The van der Waals surface area contributed by atoms with Gasteiger partial charge in [0, 0.05) is 24.0 Å². The highest BCUT2D eigenvalue weighted by Crippen LogP contribution is 2.21. The summed E-state index contributed by atoms with van der Waals surface area (Å²) in [4.78, 5) is 15.7. The van der Waals surface area contributed by atoms with Crippen LogP contribution in [0, 0.1) is 0 Å². The molecule has 0 unspecified atom stereocenters. The standard InChI is InChI=1S/C16H18ClN3O2/c1-4-22-15(21)8-5-12-10-20(19-16(12)11(2)3)14-7-6-13(17)9-18-14/h5-11H,4H2,1-3H3/b8-5+. The molecule has 0 saturated carbocycles. The van der Waals surface area contributed by atoms with Crippen LogP contribution in [0.3, 0.4) is 0 Å². The number of ether oxygens (including phenoxy) is 1. The minimum absolute atomic E-state index is 0.218. The van der Waals surface area contributed by atoms with Gasteiger partial charge in [0.25, 0.3) is 0 Å². The van der Waals surface area contributed by atoms with Gasteiger partial charge in [-0.2, -0.15) is 5.10 Å². The van der Waals surface area contributed by atoms with Crippen molar-refractivity contribution in [3.63, 3.8) is 0 Å². The van der Waals surface area contributed by atoms with Crippen LogP contribution >= 0.6 is 11.6 Å². The van der Waals surface area contributed by atoms with Crippen LogP contribution in [0.4, 0.5) is 0 Å². The molecule has 2 aromatic rings. The van der Waals surface area contributed by atoms with Gasteiger partial charge >= 0.3 is 5.97 Å². The molecule has 2 aromatic heterocycles. The average molecular weight is 320 g/mol. The van der Waals surface area contributed by atoms with Crippen molar-refractivity contribution in [2.24, 2.45) is 0 Å². The molecule has 0 aliphatic rings. The molecule has 0 N–H and O–H groups in total. The van der Waals surface area contributed by atoms with Crippen LogP contribution in [0.25, 0.3) is 11.9 Å². The summed E-state index contributed by atoms with van der Waals surface area (Å²) in [6.45, 7) is 6.22. The molecule has 2 heterocycles. The zero-order chi connectivity index (χ0) is 16.1. The Morgan fingerprint density at radius 2 is 2.23 bits per heavy atom. The van der Waals surface area contributed by atoms with E-state index in [0.717, 1.165) is 11.3 Å². The summed E-state index contributed by atoms with van der Waals surface area (Å²) in [6.07, 6.45) is 6.53. The van der Waals surface area contributed by atoms with Crippen LogP contribution < -0.4 is 0 Å². The van der Waals surface area contributed by atoms with E-state index in [1.807, 2.05) is 20.0 Å². The van der Waals surface area contributed by atoms with Gasteiger partial charge in [0.15, 0.2) is 5.82 Å². The summed E-state index contributed by atoms with van der Waals surface area (Å²) in [7, 11) is 0. The molecule has 0 spiro atoms. The minimum Gasteiger partial charge on any atom is -0.463 e. The fraction of sp³-hybridized carbons (Fsp3) is 0.312. The molecular formula is C16H18ClN3O2. The van der Waals surface area contributed by atoms with Crippen molar-refractivity contribution < 1.29 is 9.53 Å². The van der Waals surface area contributed by atoms with Crippen LogP contribution in [0.2, 0.25) is 5.02 Å². The number of halogens is 1. The fourth-order valence-corrected chi connectivity index (χ4v) is 2.06. The maximum Gasteiger partial charge on any atom is 0.330 e. The summed E-state index contributed by atoms with van der Waals surface area (Å²) in [5.74, 6) is 0.520. The summed E-state index contributed by atoms with van der Waals surface area (Å²) in [5, 5.41) is 5.11. The van der Waals surface area contributed by atoms with Crippen LogP contribution in [0.1, 0.15) is 37.9 Å². The molecule has 116 valence electrons. The Kier molecular flexibility index (Phi) is 5.33. The highest BCUT2D eigenvalue weighted by atomic mass is 35.5. The quantitative estimate of drug-likeness (QED) is 0.624. The zero-order valence-electron chi connectivity index (χ0n) is 12.8. The lowest BCUT2D eigenvalue weighted by Crippen LogP contribution is -1.99. The molecule has 2 rings (SSSR count). The van der Waals surface area contributed by atoms with Crippen molar-refractivity contribution in [2.75, 3.05) is 6.61 Å². The third-order valence-corrected chi connectivity index (χ3v) is 3.18. The molecule has 0 aliphatic heterocycles. The second-order valence-electron chi connectivity index (χ2n) is 4.99. The number of aromatic nitrogens is 3. The lowest BCUT2D eigenvalue weighted by molar-refractivity contribution is -0.137. The lowest BCUT2D eigenvalue weighted by atomic mass is 10.1. The molecule has 0 fully saturated rings. The second kappa shape index (κ2) is 7.22. The van der Waals surface area contributed by atoms with Crippen molar-refractivity contribution in [3.8, 4) is 5.82 Å². The van der Waals surface area contributed by atoms with Gasteiger partial charge in [-0.05, 0) is 31.1 Å². The van der Waals surface area contributed by atoms with Crippen molar-refractivity contribution in [3.05, 3.63) is 46.9 Å². The topological polar surface area (TPSA) is 57.0 Å². The van der Waals surface area contributed by atoms with E-state index in [1.165, 1.54) is 6.08 Å². The van der Waals surface area contributed by atoms with E-state index in [1.54, 1.807) is 36.0 Å². The first-order valence-corrected chi connectivity index (χ1v) is 7.45. The third kappa shape index (κ3) is 3.95. The number of hydrogen-bond donors (Lipinski definition) is 0. The molecule has 0 aromatic carbocycles. The number of rotatable bonds is 5. The molecule has 0 radical (unpaired) electrons. The first kappa shape index (κ1) is 16.2. The summed E-state index contributed by atoms with van der Waals surface area (Å²) < 4.78 is 6.57. The van der Waals surface area contributed by atoms with Crippen molar-refractivity contribution in [1.29, 1.82) is 0 Å². The Balaban J connectivity index is 2.33. The Hall–Kier alpha value is -2.14. The summed E-state index contributed by atoms with van der Waals surface area (Å²) >= 11 is 5.85. The van der Waals surface area contributed by atoms with Crippen molar-refractivity contribution >= 4 is 23.6 Å². The first-order valence-electron chi connectivity index (χ1n) is 7.07. The van der Waals surface area contributed by atoms with E-state index in [-0.39, 0.29) is 11.9 Å². The number of pyridine rings is 1. The molecule has 0 saturated heterocycles. The second-order valence-corrected chi connectivity index (χ2v) is 5.43. The molecule has 6 heteroatoms. The van der Waals surface area contributed by atoms with Gasteiger partial charge < -0.3 is 4.74 Å². The van der Waals surface area contributed by atoms with Gasteiger partial charge in [-0.15, -0.1) is 0 Å². The lowest BCUT2D eigenvalue weighted by Gasteiger charge is -2.02. The van der Waals surface area contributed by atoms with Crippen molar-refractivity contribution in [2.45, 2.75) is 26.7 Å². The average Bonchev–Trinajstić information content (AvgIpc) is 2.90. The zero-order valence-corrected chi connectivity index (χ0v) is 13.5. The van der Waals surface area contributed by atoms with Crippen LogP contribution in [0.5, 0.6) is 0 Å². The van der Waals surface area contributed by atoms with E-state index in [9.17, 15) is 4.79 Å². The largest absolute Gasteiger partial charge is 0.463 e. The number of hydrogen-bond acceptors (Lipinski definition) is 4. The van der Waals surface area contributed by atoms with E-state index in [2.05, 4.69) is 10.1 Å². The molecule has 0 bridgehead atoms. The Labute approximate surface area is 134 Å². The Morgan fingerprint density at radius 1 is 1.45 bits per heavy atom. The minimum atomic E-state index is -0.366. The van der Waals surface area contributed by atoms with E-state index in [4.69, 9.17) is 16.3 Å². The Morgan fingerprint density at radius 3 is 2.82 bits per heavy atom. The van der Waals surface area contributed by atoms with Gasteiger partial charge in [-0.25, -0.2) is 14.5 Å². The maximum atomic E-state index is 11.4. The van der Waals surface area contributed by atoms with E-state index in [0.29, 0.717) is 17.4 Å². The number of esters is 1. The fourth-order valence-electron chi connectivity index (χ4n) is 1.95. The summed E-state index contributed by atoms with van der Waals surface area (Å²) in [5.41, 5.74) is 1.75. The Bertz CT molecular complexity index is 675. The third-order valence-electron chi connectivity index (χ3n) is 2.95.